The van der Waals surface area contributed by atoms with Gasteiger partial charge in [-0.25, -0.2) is 32.3 Å². The second kappa shape index (κ2) is 7.37. The second-order valence-corrected chi connectivity index (χ2v) is 7.56. The van der Waals surface area contributed by atoms with E-state index in [2.05, 4.69) is 14.7 Å². The fourth-order valence-electron chi connectivity index (χ4n) is 2.42. The Kier molecular flexibility index (Phi) is 5.15. The van der Waals surface area contributed by atoms with Gasteiger partial charge in [-0.05, 0) is 44.3 Å². The molecule has 0 spiro atoms. The lowest BCUT2D eigenvalue weighted by Crippen LogP contribution is -2.19. The first-order valence-corrected chi connectivity index (χ1v) is 9.42. The molecule has 1 aromatic heterocycles. The van der Waals surface area contributed by atoms with Gasteiger partial charge in [0, 0.05) is 0 Å². The van der Waals surface area contributed by atoms with Gasteiger partial charge in [0.05, 0.1) is 32.9 Å². The largest absolute Gasteiger partial charge is 0.455 e. The number of hydrogen-bond donors (Lipinski definition) is 1. The summed E-state index contributed by atoms with van der Waals surface area (Å²) in [5, 5.41) is 0. The molecule has 0 unspecified atom stereocenters. The van der Waals surface area contributed by atoms with E-state index < -0.39 is 27.4 Å². The van der Waals surface area contributed by atoms with Crippen LogP contribution in [0.5, 0.6) is 0 Å². The predicted octanol–water partition coefficient (Wildman–Crippen LogP) is 2.34. The Bertz CT molecular complexity index is 1130. The van der Waals surface area contributed by atoms with Crippen molar-refractivity contribution in [3.63, 3.8) is 0 Å². The van der Waals surface area contributed by atoms with E-state index in [-0.39, 0.29) is 11.5 Å². The first-order valence-electron chi connectivity index (χ1n) is 7.94. The Morgan fingerprint density at radius 3 is 2.48 bits per heavy atom. The van der Waals surface area contributed by atoms with Crippen LogP contribution in [0, 0.1) is 12.7 Å². The molecular formula is C18H16FN3O4S. The zero-order chi connectivity index (χ0) is 19.6. The molecule has 0 aliphatic carbocycles. The van der Waals surface area contributed by atoms with Gasteiger partial charge in [0.1, 0.15) is 12.4 Å². The molecule has 0 radical (unpaired) electrons. The van der Waals surface area contributed by atoms with E-state index in [0.717, 1.165) is 18.2 Å². The van der Waals surface area contributed by atoms with Crippen LogP contribution in [-0.4, -0.2) is 31.4 Å². The van der Waals surface area contributed by atoms with Crippen LogP contribution >= 0.6 is 0 Å². The number of fused-ring (bicyclic) bond motifs is 1. The molecule has 1 N–H and O–H groups in total. The molecule has 0 atom stereocenters. The number of benzene rings is 2. The highest BCUT2D eigenvalue weighted by Gasteiger charge is 2.20. The number of sulfonamides is 1. The normalized spacial score (nSPS) is 11.5. The quantitative estimate of drug-likeness (QED) is 0.673. The highest BCUT2D eigenvalue weighted by Crippen LogP contribution is 2.18. The minimum Gasteiger partial charge on any atom is -0.455 e. The van der Waals surface area contributed by atoms with Crippen molar-refractivity contribution in [1.82, 2.24) is 14.7 Å². The van der Waals surface area contributed by atoms with Gasteiger partial charge < -0.3 is 4.74 Å². The number of ether oxygens (including phenoxy) is 1. The molecule has 3 rings (SSSR count). The third-order valence-electron chi connectivity index (χ3n) is 3.92. The Hall–Kier alpha value is -2.91. The number of para-hydroxylation sites is 2. The van der Waals surface area contributed by atoms with Crippen LogP contribution in [0.15, 0.2) is 47.4 Å². The number of aromatic nitrogens is 2. The standard InChI is InChI=1S/C18H16FN3O4S/c1-11-17(22-16-6-4-3-5-15(16)21-11)10-26-18(23)13-9-12(7-8-14(13)19)27(24,25)20-2/h3-9,20H,10H2,1-2H3. The highest BCUT2D eigenvalue weighted by molar-refractivity contribution is 7.89. The predicted molar refractivity (Wildman–Crippen MR) is 96.0 cm³/mol. The van der Waals surface area contributed by atoms with Crippen molar-refractivity contribution < 1.29 is 22.3 Å². The zero-order valence-corrected chi connectivity index (χ0v) is 15.4. The average molecular weight is 389 g/mol. The lowest BCUT2D eigenvalue weighted by atomic mass is 10.2. The molecule has 2 aromatic carbocycles. The van der Waals surface area contributed by atoms with E-state index in [4.69, 9.17) is 4.74 Å². The van der Waals surface area contributed by atoms with E-state index in [1.807, 2.05) is 18.2 Å². The molecule has 0 amide bonds. The molecule has 3 aromatic rings. The van der Waals surface area contributed by atoms with E-state index in [1.165, 1.54) is 7.05 Å². The summed E-state index contributed by atoms with van der Waals surface area (Å²) in [5.41, 5.74) is 1.89. The van der Waals surface area contributed by atoms with Gasteiger partial charge in [0.15, 0.2) is 0 Å². The lowest BCUT2D eigenvalue weighted by Gasteiger charge is -2.09. The molecule has 140 valence electrons. The van der Waals surface area contributed by atoms with E-state index in [0.29, 0.717) is 22.4 Å². The molecule has 0 fully saturated rings. The summed E-state index contributed by atoms with van der Waals surface area (Å²) in [5.74, 6) is -1.87. The van der Waals surface area contributed by atoms with Gasteiger partial charge in [-0.1, -0.05) is 12.1 Å². The van der Waals surface area contributed by atoms with Crippen LogP contribution in [-0.2, 0) is 21.4 Å². The minimum absolute atomic E-state index is 0.217. The van der Waals surface area contributed by atoms with Gasteiger partial charge >= 0.3 is 5.97 Å². The van der Waals surface area contributed by atoms with E-state index in [1.54, 1.807) is 13.0 Å². The topological polar surface area (TPSA) is 98.2 Å². The van der Waals surface area contributed by atoms with Gasteiger partial charge in [0.2, 0.25) is 10.0 Å². The van der Waals surface area contributed by atoms with Crippen molar-refractivity contribution in [2.24, 2.45) is 0 Å². The van der Waals surface area contributed by atoms with Crippen LogP contribution in [0.2, 0.25) is 0 Å². The minimum atomic E-state index is -3.82. The second-order valence-electron chi connectivity index (χ2n) is 5.67. The fourth-order valence-corrected chi connectivity index (χ4v) is 3.17. The average Bonchev–Trinajstić information content (AvgIpc) is 2.66. The van der Waals surface area contributed by atoms with Crippen LogP contribution in [0.25, 0.3) is 11.0 Å². The van der Waals surface area contributed by atoms with E-state index in [9.17, 15) is 17.6 Å². The summed E-state index contributed by atoms with van der Waals surface area (Å²) in [6.45, 7) is 1.51. The maximum Gasteiger partial charge on any atom is 0.341 e. The van der Waals surface area contributed by atoms with Crippen molar-refractivity contribution in [3.05, 3.63) is 65.2 Å². The molecule has 27 heavy (non-hydrogen) atoms. The molecular weight excluding hydrogens is 373 g/mol. The smallest absolute Gasteiger partial charge is 0.341 e. The fraction of sp³-hybridized carbons (Fsp3) is 0.167. The molecule has 1 heterocycles. The number of esters is 1. The van der Waals surface area contributed by atoms with Crippen molar-refractivity contribution in [1.29, 1.82) is 0 Å². The first-order chi connectivity index (χ1) is 12.8. The van der Waals surface area contributed by atoms with Crippen LogP contribution in [0.3, 0.4) is 0 Å². The maximum absolute atomic E-state index is 14.0. The number of nitrogens with one attached hydrogen (secondary N) is 1. The maximum atomic E-state index is 14.0. The van der Waals surface area contributed by atoms with Crippen LogP contribution in [0.1, 0.15) is 21.7 Å². The van der Waals surface area contributed by atoms with Gasteiger partial charge in [0.25, 0.3) is 0 Å². The molecule has 7 nitrogen and oxygen atoms in total. The molecule has 0 aliphatic heterocycles. The van der Waals surface area contributed by atoms with Crippen molar-refractivity contribution in [3.8, 4) is 0 Å². The number of halogens is 1. The highest BCUT2D eigenvalue weighted by atomic mass is 32.2. The Balaban J connectivity index is 1.84. The number of nitrogens with zero attached hydrogens (tertiary/aromatic N) is 2. The molecule has 0 aliphatic rings. The van der Waals surface area contributed by atoms with Gasteiger partial charge in [-0.2, -0.15) is 0 Å². The number of aryl methyl sites for hydroxylation is 1. The Labute approximate surface area is 155 Å². The summed E-state index contributed by atoms with van der Waals surface area (Å²) in [7, 11) is -2.60. The summed E-state index contributed by atoms with van der Waals surface area (Å²) in [6.07, 6.45) is 0. The molecule has 0 saturated carbocycles. The SMILES string of the molecule is CNS(=O)(=O)c1ccc(F)c(C(=O)OCc2nc3ccccc3nc2C)c1. The summed E-state index contributed by atoms with van der Waals surface area (Å²) in [4.78, 5) is 20.8. The summed E-state index contributed by atoms with van der Waals surface area (Å²) >= 11 is 0. The summed E-state index contributed by atoms with van der Waals surface area (Å²) in [6, 6.07) is 10.1. The number of carbonyl (C=O) groups is 1. The van der Waals surface area contributed by atoms with Crippen LogP contribution < -0.4 is 4.72 Å². The first kappa shape index (κ1) is 18.9. The Morgan fingerprint density at radius 2 is 1.81 bits per heavy atom. The Morgan fingerprint density at radius 1 is 1.15 bits per heavy atom. The number of rotatable bonds is 5. The van der Waals surface area contributed by atoms with Crippen molar-refractivity contribution in [2.75, 3.05) is 7.05 Å². The molecule has 0 saturated heterocycles. The lowest BCUT2D eigenvalue weighted by molar-refractivity contribution is 0.0461. The number of hydrogen-bond acceptors (Lipinski definition) is 6. The monoisotopic (exact) mass is 389 g/mol. The molecule has 0 bridgehead atoms. The summed E-state index contributed by atoms with van der Waals surface area (Å²) < 4.78 is 44.9. The zero-order valence-electron chi connectivity index (χ0n) is 14.6. The van der Waals surface area contributed by atoms with Crippen LogP contribution in [0.4, 0.5) is 4.39 Å². The van der Waals surface area contributed by atoms with Crippen molar-refractivity contribution in [2.45, 2.75) is 18.4 Å². The van der Waals surface area contributed by atoms with E-state index >= 15 is 0 Å². The van der Waals surface area contributed by atoms with Crippen molar-refractivity contribution >= 4 is 27.0 Å². The van der Waals surface area contributed by atoms with Gasteiger partial charge in [-0.3, -0.25) is 0 Å². The third kappa shape index (κ3) is 3.93. The third-order valence-corrected chi connectivity index (χ3v) is 5.33. The number of carbonyl (C=O) groups excluding carboxylic acids is 1. The molecule has 9 heteroatoms. The van der Waals surface area contributed by atoms with Gasteiger partial charge in [-0.15, -0.1) is 0 Å².